The maximum Gasteiger partial charge on any atom is 0.321 e. The van der Waals surface area contributed by atoms with E-state index in [1.807, 2.05) is 36.4 Å². The molecular weight excluding hydrogens is 553 g/mol. The van der Waals surface area contributed by atoms with Gasteiger partial charge in [0.15, 0.2) is 5.82 Å². The number of hydrogen-bond donors (Lipinski definition) is 4. The average molecular weight is 578 g/mol. The molecule has 40 heavy (non-hydrogen) atoms. The van der Waals surface area contributed by atoms with Gasteiger partial charge in [-0.2, -0.15) is 0 Å². The number of amides is 4. The number of urea groups is 1. The fraction of sp³-hybridized carbons (Fsp3) is 0.179. The Hall–Kier alpha value is -4.41. The average Bonchev–Trinajstić information content (AvgIpc) is 3.61. The molecule has 5 N–H and O–H groups in total. The summed E-state index contributed by atoms with van der Waals surface area (Å²) in [5.41, 5.74) is 7.27. The number of carbonyl (C=O) groups is 3. The van der Waals surface area contributed by atoms with Crippen molar-refractivity contribution in [2.24, 2.45) is 5.73 Å². The molecule has 10 nitrogen and oxygen atoms in total. The minimum Gasteiger partial charge on any atom is -0.368 e. The maximum absolute atomic E-state index is 13.1. The van der Waals surface area contributed by atoms with Crippen LogP contribution in [0, 0.1) is 0 Å². The summed E-state index contributed by atoms with van der Waals surface area (Å²) in [6.07, 6.45) is 4.40. The molecule has 0 spiro atoms. The van der Waals surface area contributed by atoms with Crippen molar-refractivity contribution in [2.75, 3.05) is 5.32 Å². The predicted octanol–water partition coefficient (Wildman–Crippen LogP) is 4.11. The summed E-state index contributed by atoms with van der Waals surface area (Å²) in [7, 11) is 0. The highest BCUT2D eigenvalue weighted by molar-refractivity contribution is 6.42. The van der Waals surface area contributed by atoms with E-state index in [0.717, 1.165) is 11.1 Å². The lowest BCUT2D eigenvalue weighted by molar-refractivity contribution is -0.129. The monoisotopic (exact) mass is 577 g/mol. The van der Waals surface area contributed by atoms with Gasteiger partial charge in [-0.3, -0.25) is 19.9 Å². The molecule has 2 heterocycles. The largest absolute Gasteiger partial charge is 0.368 e. The number of pyridine rings is 1. The van der Waals surface area contributed by atoms with E-state index in [1.165, 1.54) is 0 Å². The van der Waals surface area contributed by atoms with E-state index in [-0.39, 0.29) is 12.2 Å². The Labute approximate surface area is 239 Å². The third kappa shape index (κ3) is 6.08. The normalized spacial score (nSPS) is 14.2. The number of primary amides is 1. The van der Waals surface area contributed by atoms with E-state index in [4.69, 9.17) is 28.9 Å². The summed E-state index contributed by atoms with van der Waals surface area (Å²) < 4.78 is 1.61. The molecule has 1 aliphatic carbocycles. The summed E-state index contributed by atoms with van der Waals surface area (Å²) >= 11 is 12.3. The maximum atomic E-state index is 13.1. The van der Waals surface area contributed by atoms with Gasteiger partial charge in [0.1, 0.15) is 11.6 Å². The molecule has 204 valence electrons. The van der Waals surface area contributed by atoms with Crippen LogP contribution in [0.2, 0.25) is 10.0 Å². The number of halogens is 2. The third-order valence-corrected chi connectivity index (χ3v) is 7.26. The van der Waals surface area contributed by atoms with Gasteiger partial charge in [-0.1, -0.05) is 53.5 Å². The zero-order valence-corrected chi connectivity index (χ0v) is 22.6. The number of benzene rings is 2. The van der Waals surface area contributed by atoms with E-state index in [0.29, 0.717) is 34.3 Å². The van der Waals surface area contributed by atoms with Crippen LogP contribution in [-0.4, -0.2) is 44.2 Å². The SMILES string of the molecule is NC(=O)[C@H](Cc1ccccc1)NC(=O)C1(NC(=O)Nc2cc(-c3cccnc3)n(-c3ccc(Cl)c(Cl)c3)n2)CC1. The first-order valence-electron chi connectivity index (χ1n) is 12.4. The van der Waals surface area contributed by atoms with Crippen molar-refractivity contribution in [3.8, 4) is 16.9 Å². The van der Waals surface area contributed by atoms with Crippen molar-refractivity contribution < 1.29 is 14.4 Å². The molecule has 1 aliphatic rings. The molecule has 0 bridgehead atoms. The van der Waals surface area contributed by atoms with Crippen LogP contribution < -0.4 is 21.7 Å². The smallest absolute Gasteiger partial charge is 0.321 e. The summed E-state index contributed by atoms with van der Waals surface area (Å²) in [6.45, 7) is 0. The van der Waals surface area contributed by atoms with Gasteiger partial charge in [0.2, 0.25) is 11.8 Å². The number of hydrogen-bond acceptors (Lipinski definition) is 5. The Kier molecular flexibility index (Phi) is 7.72. The summed E-state index contributed by atoms with van der Waals surface area (Å²) in [4.78, 5) is 42.3. The van der Waals surface area contributed by atoms with Gasteiger partial charge in [-0.05, 0) is 48.7 Å². The molecule has 4 aromatic rings. The zero-order valence-electron chi connectivity index (χ0n) is 21.1. The summed E-state index contributed by atoms with van der Waals surface area (Å²) in [5, 5.41) is 13.4. The summed E-state index contributed by atoms with van der Waals surface area (Å²) in [6, 6.07) is 18.1. The lowest BCUT2D eigenvalue weighted by Crippen LogP contribution is -2.55. The zero-order chi connectivity index (χ0) is 28.3. The fourth-order valence-corrected chi connectivity index (χ4v) is 4.54. The topological polar surface area (TPSA) is 144 Å². The standard InChI is InChI=1S/C28H25Cl2N7O3/c29-20-9-8-19(14-21(20)30)37-23(18-7-4-12-32-16-18)15-24(36-37)34-27(40)35-28(10-11-28)26(39)33-22(25(31)38)13-17-5-2-1-3-6-17/h1-9,12,14-16,22H,10-11,13H2,(H2,31,38)(H,33,39)(H2,34,35,36,40)/t22-/m0/s1. The van der Waals surface area contributed by atoms with Crippen LogP contribution in [0.3, 0.4) is 0 Å². The Morgan fingerprint density at radius 1 is 1.00 bits per heavy atom. The van der Waals surface area contributed by atoms with Gasteiger partial charge in [0.05, 0.1) is 21.4 Å². The number of rotatable bonds is 9. The van der Waals surface area contributed by atoms with Gasteiger partial charge in [-0.25, -0.2) is 9.48 Å². The molecular formula is C28H25Cl2N7O3. The molecule has 0 saturated heterocycles. The van der Waals surface area contributed by atoms with Gasteiger partial charge in [0.25, 0.3) is 0 Å². The van der Waals surface area contributed by atoms with Crippen LogP contribution in [0.1, 0.15) is 18.4 Å². The molecule has 1 atom stereocenters. The van der Waals surface area contributed by atoms with Crippen LogP contribution in [-0.2, 0) is 16.0 Å². The number of nitrogens with one attached hydrogen (secondary N) is 3. The molecule has 5 rings (SSSR count). The van der Waals surface area contributed by atoms with E-state index >= 15 is 0 Å². The fourth-order valence-electron chi connectivity index (χ4n) is 4.24. The molecule has 1 fully saturated rings. The lowest BCUT2D eigenvalue weighted by Gasteiger charge is -2.21. The second-order valence-electron chi connectivity index (χ2n) is 9.45. The minimum atomic E-state index is -1.15. The van der Waals surface area contributed by atoms with Gasteiger partial charge < -0.3 is 16.4 Å². The van der Waals surface area contributed by atoms with Crippen LogP contribution in [0.4, 0.5) is 10.6 Å². The molecule has 0 unspecified atom stereocenters. The Morgan fingerprint density at radius 3 is 2.42 bits per heavy atom. The second kappa shape index (κ2) is 11.4. The first-order valence-corrected chi connectivity index (χ1v) is 13.2. The van der Waals surface area contributed by atoms with Crippen molar-refractivity contribution in [1.82, 2.24) is 25.4 Å². The molecule has 1 saturated carbocycles. The quantitative estimate of drug-likeness (QED) is 0.236. The Bertz CT molecular complexity index is 1560. The first-order chi connectivity index (χ1) is 19.2. The van der Waals surface area contributed by atoms with Gasteiger partial charge >= 0.3 is 6.03 Å². The highest BCUT2D eigenvalue weighted by Crippen LogP contribution is 2.36. The van der Waals surface area contributed by atoms with Crippen molar-refractivity contribution in [3.63, 3.8) is 0 Å². The van der Waals surface area contributed by atoms with Crippen molar-refractivity contribution in [1.29, 1.82) is 0 Å². The molecule has 0 radical (unpaired) electrons. The number of aromatic nitrogens is 3. The van der Waals surface area contributed by atoms with Gasteiger partial charge in [-0.15, -0.1) is 5.10 Å². The number of anilines is 1. The number of carbonyl (C=O) groups excluding carboxylic acids is 3. The highest BCUT2D eigenvalue weighted by Gasteiger charge is 2.52. The lowest BCUT2D eigenvalue weighted by atomic mass is 10.0. The van der Waals surface area contributed by atoms with E-state index < -0.39 is 29.4 Å². The number of nitrogens with zero attached hydrogens (tertiary/aromatic N) is 3. The predicted molar refractivity (Wildman–Crippen MR) is 152 cm³/mol. The molecule has 12 heteroatoms. The highest BCUT2D eigenvalue weighted by atomic mass is 35.5. The van der Waals surface area contributed by atoms with Gasteiger partial charge in [0, 0.05) is 30.4 Å². The van der Waals surface area contributed by atoms with Crippen LogP contribution in [0.15, 0.2) is 79.1 Å². The number of nitrogens with two attached hydrogens (primary N) is 1. The van der Waals surface area contributed by atoms with Crippen molar-refractivity contribution >= 4 is 46.9 Å². The Morgan fingerprint density at radius 2 is 1.77 bits per heavy atom. The van der Waals surface area contributed by atoms with Crippen LogP contribution in [0.5, 0.6) is 0 Å². The van der Waals surface area contributed by atoms with E-state index in [2.05, 4.69) is 26.0 Å². The van der Waals surface area contributed by atoms with E-state index in [9.17, 15) is 14.4 Å². The third-order valence-electron chi connectivity index (χ3n) is 6.52. The van der Waals surface area contributed by atoms with E-state index in [1.54, 1.807) is 47.4 Å². The van der Waals surface area contributed by atoms with Crippen LogP contribution >= 0.6 is 23.2 Å². The van der Waals surface area contributed by atoms with Crippen LogP contribution in [0.25, 0.3) is 16.9 Å². The minimum absolute atomic E-state index is 0.234. The molecule has 2 aromatic heterocycles. The Balaban J connectivity index is 1.31. The van der Waals surface area contributed by atoms with Crippen molar-refractivity contribution in [3.05, 3.63) is 94.7 Å². The van der Waals surface area contributed by atoms with Crippen molar-refractivity contribution in [2.45, 2.75) is 30.8 Å². The summed E-state index contributed by atoms with van der Waals surface area (Å²) in [5.74, 6) is -0.897. The second-order valence-corrected chi connectivity index (χ2v) is 10.3. The first kappa shape index (κ1) is 27.2. The molecule has 4 amide bonds. The molecule has 0 aliphatic heterocycles. The molecule has 2 aromatic carbocycles.